The van der Waals surface area contributed by atoms with Gasteiger partial charge in [-0.05, 0) is 36.2 Å². The third kappa shape index (κ3) is 3.27. The number of aromatic nitrogens is 2. The minimum Gasteiger partial charge on any atom is -0.337 e. The largest absolute Gasteiger partial charge is 0.337 e. The second-order valence-corrected chi connectivity index (χ2v) is 7.62. The Hall–Kier alpha value is -3.59. The number of amides is 2. The zero-order valence-electron chi connectivity index (χ0n) is 16.5. The lowest BCUT2D eigenvalue weighted by atomic mass is 10.1. The van der Waals surface area contributed by atoms with Crippen molar-refractivity contribution in [1.29, 1.82) is 0 Å². The van der Waals surface area contributed by atoms with Crippen LogP contribution in [0.2, 0.25) is 5.02 Å². The first-order valence-corrected chi connectivity index (χ1v) is 10.2. The highest BCUT2D eigenvalue weighted by Gasteiger charge is 2.55. The maximum Gasteiger partial charge on any atom is 0.263 e. The molecule has 9 nitrogen and oxygen atoms in total. The van der Waals surface area contributed by atoms with Crippen LogP contribution >= 0.6 is 11.6 Å². The number of nitrogens with zero attached hydrogens (tertiary/aromatic N) is 6. The molecule has 156 valence electrons. The molecule has 0 spiro atoms. The van der Waals surface area contributed by atoms with E-state index in [-0.39, 0.29) is 18.3 Å². The highest BCUT2D eigenvalue weighted by atomic mass is 35.5. The lowest BCUT2D eigenvalue weighted by molar-refractivity contribution is -0.123. The highest BCUT2D eigenvalue weighted by molar-refractivity contribution is 6.33. The quantitative estimate of drug-likeness (QED) is 0.567. The Bertz CT molecular complexity index is 1190. The first-order chi connectivity index (χ1) is 15.1. The molecule has 2 aliphatic heterocycles. The number of rotatable bonds is 5. The Morgan fingerprint density at radius 3 is 2.58 bits per heavy atom. The molecule has 31 heavy (non-hydrogen) atoms. The lowest BCUT2D eigenvalue weighted by Crippen LogP contribution is -2.39. The van der Waals surface area contributed by atoms with Crippen molar-refractivity contribution in [2.45, 2.75) is 32.0 Å². The van der Waals surface area contributed by atoms with Crippen LogP contribution in [0.4, 0.5) is 5.69 Å². The summed E-state index contributed by atoms with van der Waals surface area (Å²) in [4.78, 5) is 31.4. The number of anilines is 1. The van der Waals surface area contributed by atoms with E-state index in [0.717, 1.165) is 12.0 Å². The van der Waals surface area contributed by atoms with Crippen LogP contribution in [0.25, 0.3) is 11.4 Å². The molecule has 1 aromatic heterocycles. The number of carbonyl (C=O) groups excluding carboxylic acids is 2. The van der Waals surface area contributed by atoms with E-state index in [0.29, 0.717) is 22.1 Å². The molecule has 0 unspecified atom stereocenters. The van der Waals surface area contributed by atoms with Crippen LogP contribution in [0.3, 0.4) is 0 Å². The number of halogens is 1. The average Bonchev–Trinajstić information content (AvgIpc) is 3.47. The van der Waals surface area contributed by atoms with Gasteiger partial charge < -0.3 is 4.52 Å². The number of fused-ring (bicyclic) bond motifs is 1. The minimum absolute atomic E-state index is 0.0454. The minimum atomic E-state index is -0.885. The summed E-state index contributed by atoms with van der Waals surface area (Å²) < 4.78 is 5.31. The fraction of sp³-hybridized carbons (Fsp3) is 0.238. The van der Waals surface area contributed by atoms with Crippen LogP contribution < -0.4 is 4.90 Å². The topological polar surface area (TPSA) is 104 Å². The Morgan fingerprint density at radius 2 is 1.84 bits per heavy atom. The molecule has 0 saturated carbocycles. The second-order valence-electron chi connectivity index (χ2n) is 7.22. The SMILES string of the molecule is CCc1ccc(N2C(=O)[C@@H]3N=NN(Cc4nc(-c5ccccc5Cl)no4)[C@H]3C2=O)cc1. The standard InChI is InChI=1S/C21H17ClN6O3/c1-2-12-7-9-13(10-8-12)28-20(29)17-18(21(28)30)27(26-24-17)11-16-23-19(25-31-16)14-5-3-4-6-15(14)22/h3-10,17-18H,2,11H2,1H3/t17-,18-/m1/s1. The molecule has 1 fully saturated rings. The number of hydrogen-bond donors (Lipinski definition) is 0. The average molecular weight is 437 g/mol. The molecule has 2 aliphatic rings. The molecule has 2 amide bonds. The van der Waals surface area contributed by atoms with Crippen molar-refractivity contribution in [3.63, 3.8) is 0 Å². The van der Waals surface area contributed by atoms with Gasteiger partial charge in [0.1, 0.15) is 6.54 Å². The van der Waals surface area contributed by atoms with Gasteiger partial charge in [-0.25, -0.2) is 4.90 Å². The van der Waals surface area contributed by atoms with E-state index in [1.165, 1.54) is 9.91 Å². The number of carbonyl (C=O) groups is 2. The van der Waals surface area contributed by atoms with Crippen molar-refractivity contribution in [3.05, 3.63) is 65.0 Å². The van der Waals surface area contributed by atoms with Crippen LogP contribution in [-0.4, -0.2) is 39.0 Å². The maximum absolute atomic E-state index is 13.1. The summed E-state index contributed by atoms with van der Waals surface area (Å²) in [6.45, 7) is 2.09. The molecule has 5 rings (SSSR count). The van der Waals surface area contributed by atoms with Crippen molar-refractivity contribution in [3.8, 4) is 11.4 Å². The molecule has 0 aliphatic carbocycles. The van der Waals surface area contributed by atoms with Gasteiger partial charge in [0.25, 0.3) is 11.8 Å². The molecule has 1 saturated heterocycles. The molecule has 2 aromatic carbocycles. The van der Waals surface area contributed by atoms with Crippen LogP contribution in [0, 0.1) is 0 Å². The summed E-state index contributed by atoms with van der Waals surface area (Å²) >= 11 is 6.19. The van der Waals surface area contributed by atoms with Gasteiger partial charge in [-0.1, -0.05) is 53.2 Å². The zero-order valence-corrected chi connectivity index (χ0v) is 17.2. The van der Waals surface area contributed by atoms with Gasteiger partial charge in [-0.15, -0.1) is 0 Å². The van der Waals surface area contributed by atoms with Crippen LogP contribution in [0.15, 0.2) is 63.4 Å². The summed E-state index contributed by atoms with van der Waals surface area (Å²) in [7, 11) is 0. The first-order valence-electron chi connectivity index (χ1n) is 9.78. The molecule has 3 aromatic rings. The third-order valence-electron chi connectivity index (χ3n) is 5.34. The fourth-order valence-electron chi connectivity index (χ4n) is 3.70. The fourth-order valence-corrected chi connectivity index (χ4v) is 3.92. The highest BCUT2D eigenvalue weighted by Crippen LogP contribution is 2.33. The van der Waals surface area contributed by atoms with Crippen molar-refractivity contribution < 1.29 is 14.1 Å². The predicted molar refractivity (Wildman–Crippen MR) is 111 cm³/mol. The summed E-state index contributed by atoms with van der Waals surface area (Å²) in [6.07, 6.45) is 0.871. The predicted octanol–water partition coefficient (Wildman–Crippen LogP) is 3.45. The van der Waals surface area contributed by atoms with Crippen LogP contribution in [-0.2, 0) is 22.6 Å². The molecular formula is C21H17ClN6O3. The van der Waals surface area contributed by atoms with Gasteiger partial charge >= 0.3 is 0 Å². The number of benzene rings is 2. The Kier molecular flexibility index (Phi) is 4.74. The summed E-state index contributed by atoms with van der Waals surface area (Å²) in [5.74, 6) is -0.205. The van der Waals surface area contributed by atoms with E-state index < -0.39 is 18.0 Å². The van der Waals surface area contributed by atoms with Gasteiger partial charge in [-0.2, -0.15) is 10.1 Å². The Labute approximate surface area is 182 Å². The van der Waals surface area contributed by atoms with E-state index in [1.54, 1.807) is 24.3 Å². The van der Waals surface area contributed by atoms with E-state index in [1.807, 2.05) is 31.2 Å². The Morgan fingerprint density at radius 1 is 1.06 bits per heavy atom. The summed E-state index contributed by atoms with van der Waals surface area (Å²) in [5, 5.41) is 13.9. The van der Waals surface area contributed by atoms with Gasteiger partial charge in [0.2, 0.25) is 11.7 Å². The van der Waals surface area contributed by atoms with E-state index in [9.17, 15) is 9.59 Å². The third-order valence-corrected chi connectivity index (χ3v) is 5.67. The summed E-state index contributed by atoms with van der Waals surface area (Å²) in [5.41, 5.74) is 2.28. The molecule has 0 N–H and O–H groups in total. The molecular weight excluding hydrogens is 420 g/mol. The van der Waals surface area contributed by atoms with Gasteiger partial charge in [0, 0.05) is 5.56 Å². The lowest BCUT2D eigenvalue weighted by Gasteiger charge is -2.19. The number of aryl methyl sites for hydroxylation is 1. The molecule has 2 atom stereocenters. The molecule has 0 radical (unpaired) electrons. The van der Waals surface area contributed by atoms with Crippen molar-refractivity contribution in [2.24, 2.45) is 10.3 Å². The normalized spacial score (nSPS) is 20.1. The van der Waals surface area contributed by atoms with Crippen molar-refractivity contribution in [1.82, 2.24) is 15.1 Å². The first kappa shape index (κ1) is 19.4. The van der Waals surface area contributed by atoms with E-state index >= 15 is 0 Å². The smallest absolute Gasteiger partial charge is 0.263 e. The number of imide groups is 1. The molecule has 3 heterocycles. The van der Waals surface area contributed by atoms with Crippen molar-refractivity contribution >= 4 is 29.1 Å². The summed E-state index contributed by atoms with van der Waals surface area (Å²) in [6, 6.07) is 12.8. The Balaban J connectivity index is 1.36. The van der Waals surface area contributed by atoms with E-state index in [2.05, 4.69) is 20.5 Å². The van der Waals surface area contributed by atoms with Gasteiger partial charge in [-0.3, -0.25) is 14.6 Å². The monoisotopic (exact) mass is 436 g/mol. The molecule has 0 bridgehead atoms. The zero-order chi connectivity index (χ0) is 21.5. The molecule has 10 heteroatoms. The van der Waals surface area contributed by atoms with Crippen LogP contribution in [0.1, 0.15) is 18.4 Å². The van der Waals surface area contributed by atoms with Gasteiger partial charge in [0.05, 0.1) is 10.7 Å². The van der Waals surface area contributed by atoms with E-state index in [4.69, 9.17) is 16.1 Å². The second kappa shape index (κ2) is 7.59. The number of hydrogen-bond acceptors (Lipinski definition) is 8. The van der Waals surface area contributed by atoms with Crippen LogP contribution in [0.5, 0.6) is 0 Å². The van der Waals surface area contributed by atoms with Gasteiger partial charge in [0.15, 0.2) is 12.1 Å². The van der Waals surface area contributed by atoms with Crippen molar-refractivity contribution in [2.75, 3.05) is 4.90 Å². The maximum atomic E-state index is 13.1.